The first-order chi connectivity index (χ1) is 13.5. The molecular weight excluding hydrogens is 424 g/mol. The van der Waals surface area contributed by atoms with Crippen molar-refractivity contribution in [2.45, 2.75) is 26.6 Å². The van der Waals surface area contributed by atoms with Crippen LogP contribution in [-0.2, 0) is 22.3 Å². The van der Waals surface area contributed by atoms with Crippen molar-refractivity contribution in [1.29, 1.82) is 0 Å². The van der Waals surface area contributed by atoms with Crippen molar-refractivity contribution in [2.24, 2.45) is 17.3 Å². The van der Waals surface area contributed by atoms with Crippen LogP contribution in [0.15, 0.2) is 59.1 Å². The average Bonchev–Trinajstić information content (AvgIpc) is 3.18. The SMILES string of the molecule is CC1(C)C(C=C(Cl)Cl)C1C(=O)OCc1cccc(-c2cccc(C(F)(F)F)c2)c1. The maximum Gasteiger partial charge on any atom is 0.416 e. The fourth-order valence-corrected chi connectivity index (χ4v) is 3.81. The van der Waals surface area contributed by atoms with Gasteiger partial charge < -0.3 is 4.74 Å². The highest BCUT2D eigenvalue weighted by Crippen LogP contribution is 2.60. The number of rotatable bonds is 5. The molecule has 2 atom stereocenters. The average molecular weight is 443 g/mol. The summed E-state index contributed by atoms with van der Waals surface area (Å²) in [6, 6.07) is 12.0. The van der Waals surface area contributed by atoms with E-state index < -0.39 is 11.7 Å². The van der Waals surface area contributed by atoms with E-state index in [1.807, 2.05) is 13.8 Å². The first kappa shape index (κ1) is 21.7. The standard InChI is InChI=1S/C22H19Cl2F3O2/c1-21(2)17(11-18(23)24)19(21)20(28)29-12-13-5-3-6-14(9-13)15-7-4-8-16(10-15)22(25,26)27/h3-11,17,19H,12H2,1-2H3. The first-order valence-corrected chi connectivity index (χ1v) is 9.72. The van der Waals surface area contributed by atoms with Crippen molar-refractivity contribution in [3.8, 4) is 11.1 Å². The van der Waals surface area contributed by atoms with Crippen LogP contribution in [-0.4, -0.2) is 5.97 Å². The lowest BCUT2D eigenvalue weighted by Gasteiger charge is -2.10. The van der Waals surface area contributed by atoms with E-state index in [-0.39, 0.29) is 34.3 Å². The van der Waals surface area contributed by atoms with Crippen LogP contribution in [0, 0.1) is 17.3 Å². The number of benzene rings is 2. The second-order valence-electron chi connectivity index (χ2n) is 7.67. The molecule has 1 aliphatic carbocycles. The molecule has 0 spiro atoms. The smallest absolute Gasteiger partial charge is 0.416 e. The lowest BCUT2D eigenvalue weighted by atomic mass is 10.0. The van der Waals surface area contributed by atoms with Gasteiger partial charge in [0, 0.05) is 0 Å². The Morgan fingerprint density at radius 1 is 1.10 bits per heavy atom. The number of ether oxygens (including phenoxy) is 1. The van der Waals surface area contributed by atoms with Crippen LogP contribution < -0.4 is 0 Å². The molecule has 0 saturated heterocycles. The molecule has 7 heteroatoms. The molecule has 0 radical (unpaired) electrons. The summed E-state index contributed by atoms with van der Waals surface area (Å²) in [6.07, 6.45) is -2.76. The molecule has 1 aliphatic rings. The van der Waals surface area contributed by atoms with E-state index in [1.54, 1.807) is 36.4 Å². The minimum atomic E-state index is -4.41. The molecule has 0 bridgehead atoms. The highest BCUT2D eigenvalue weighted by molar-refractivity contribution is 6.55. The molecule has 0 N–H and O–H groups in total. The van der Waals surface area contributed by atoms with E-state index in [4.69, 9.17) is 27.9 Å². The van der Waals surface area contributed by atoms with Gasteiger partial charge in [-0.15, -0.1) is 0 Å². The molecule has 1 fully saturated rings. The van der Waals surface area contributed by atoms with Crippen LogP contribution >= 0.6 is 23.2 Å². The largest absolute Gasteiger partial charge is 0.461 e. The topological polar surface area (TPSA) is 26.3 Å². The maximum atomic E-state index is 12.9. The molecule has 1 saturated carbocycles. The summed E-state index contributed by atoms with van der Waals surface area (Å²) in [5.41, 5.74) is 0.755. The number of hydrogen-bond acceptors (Lipinski definition) is 2. The number of carbonyl (C=O) groups excluding carboxylic acids is 1. The van der Waals surface area contributed by atoms with E-state index in [2.05, 4.69) is 0 Å². The Balaban J connectivity index is 1.70. The van der Waals surface area contributed by atoms with Crippen molar-refractivity contribution in [1.82, 2.24) is 0 Å². The third kappa shape index (κ3) is 4.96. The molecule has 0 aliphatic heterocycles. The van der Waals surface area contributed by atoms with Gasteiger partial charge >= 0.3 is 12.1 Å². The van der Waals surface area contributed by atoms with Gasteiger partial charge in [0.2, 0.25) is 0 Å². The van der Waals surface area contributed by atoms with Gasteiger partial charge in [-0.2, -0.15) is 13.2 Å². The molecule has 3 rings (SSSR count). The molecule has 0 heterocycles. The van der Waals surface area contributed by atoms with Gasteiger partial charge in [-0.1, -0.05) is 67.4 Å². The molecule has 0 amide bonds. The van der Waals surface area contributed by atoms with Crippen molar-refractivity contribution >= 4 is 29.2 Å². The number of allylic oxidation sites excluding steroid dienone is 1. The van der Waals surface area contributed by atoms with Gasteiger partial charge in [-0.25, -0.2) is 0 Å². The van der Waals surface area contributed by atoms with Gasteiger partial charge in [0.25, 0.3) is 0 Å². The van der Waals surface area contributed by atoms with Gasteiger partial charge in [0.1, 0.15) is 11.1 Å². The lowest BCUT2D eigenvalue weighted by molar-refractivity contribution is -0.147. The van der Waals surface area contributed by atoms with Crippen LogP contribution in [0.2, 0.25) is 0 Å². The monoisotopic (exact) mass is 442 g/mol. The Kier molecular flexibility index (Phi) is 6.02. The normalized spacial score (nSPS) is 20.1. The van der Waals surface area contributed by atoms with Crippen LogP contribution in [0.25, 0.3) is 11.1 Å². The summed E-state index contributed by atoms with van der Waals surface area (Å²) in [5.74, 6) is -0.770. The maximum absolute atomic E-state index is 12.9. The Morgan fingerprint density at radius 3 is 2.34 bits per heavy atom. The third-order valence-electron chi connectivity index (χ3n) is 5.30. The zero-order valence-corrected chi connectivity index (χ0v) is 17.3. The summed E-state index contributed by atoms with van der Waals surface area (Å²) in [4.78, 5) is 12.4. The summed E-state index contributed by atoms with van der Waals surface area (Å²) in [7, 11) is 0. The molecule has 154 valence electrons. The summed E-state index contributed by atoms with van der Waals surface area (Å²) in [5, 5.41) is 0. The van der Waals surface area contributed by atoms with E-state index in [0.29, 0.717) is 16.7 Å². The van der Waals surface area contributed by atoms with Crippen LogP contribution in [0.4, 0.5) is 13.2 Å². The zero-order chi connectivity index (χ0) is 21.4. The Hall–Kier alpha value is -1.98. The molecule has 0 aromatic heterocycles. The van der Waals surface area contributed by atoms with Crippen LogP contribution in [0.5, 0.6) is 0 Å². The van der Waals surface area contributed by atoms with Gasteiger partial charge in [-0.3, -0.25) is 4.79 Å². The van der Waals surface area contributed by atoms with Crippen molar-refractivity contribution in [3.63, 3.8) is 0 Å². The first-order valence-electron chi connectivity index (χ1n) is 8.96. The van der Waals surface area contributed by atoms with Crippen molar-refractivity contribution in [2.75, 3.05) is 0 Å². The van der Waals surface area contributed by atoms with Gasteiger partial charge in [-0.05, 0) is 52.3 Å². The second kappa shape index (κ2) is 8.04. The number of hydrogen-bond donors (Lipinski definition) is 0. The minimum absolute atomic E-state index is 0.0310. The Morgan fingerprint density at radius 2 is 1.72 bits per heavy atom. The molecule has 2 aromatic rings. The Bertz CT molecular complexity index is 947. The van der Waals surface area contributed by atoms with E-state index in [1.165, 1.54) is 6.07 Å². The zero-order valence-electron chi connectivity index (χ0n) is 15.8. The lowest BCUT2D eigenvalue weighted by Crippen LogP contribution is -2.10. The second-order valence-corrected chi connectivity index (χ2v) is 8.68. The summed E-state index contributed by atoms with van der Waals surface area (Å²) in [6.45, 7) is 3.90. The van der Waals surface area contributed by atoms with E-state index in [0.717, 1.165) is 12.1 Å². The number of halogens is 5. The van der Waals surface area contributed by atoms with Gasteiger partial charge in [0.15, 0.2) is 0 Å². The highest BCUT2D eigenvalue weighted by Gasteiger charge is 2.61. The van der Waals surface area contributed by atoms with Crippen LogP contribution in [0.1, 0.15) is 25.0 Å². The fraction of sp³-hybridized carbons (Fsp3) is 0.318. The molecule has 2 nitrogen and oxygen atoms in total. The molecular formula is C22H19Cl2F3O2. The summed E-state index contributed by atoms with van der Waals surface area (Å²) < 4.78 is 44.4. The Labute approximate surface area is 177 Å². The number of alkyl halides is 3. The summed E-state index contributed by atoms with van der Waals surface area (Å²) >= 11 is 11.4. The number of carbonyl (C=O) groups is 1. The number of esters is 1. The predicted molar refractivity (Wildman–Crippen MR) is 107 cm³/mol. The van der Waals surface area contributed by atoms with Crippen molar-refractivity contribution < 1.29 is 22.7 Å². The van der Waals surface area contributed by atoms with Gasteiger partial charge in [0.05, 0.1) is 11.5 Å². The molecule has 2 unspecified atom stereocenters. The fourth-order valence-electron chi connectivity index (χ4n) is 3.53. The van der Waals surface area contributed by atoms with E-state index >= 15 is 0 Å². The third-order valence-corrected chi connectivity index (χ3v) is 5.55. The minimum Gasteiger partial charge on any atom is -0.461 e. The quantitative estimate of drug-likeness (QED) is 0.465. The predicted octanol–water partition coefficient (Wildman–Crippen LogP) is 7.01. The van der Waals surface area contributed by atoms with Crippen molar-refractivity contribution in [3.05, 3.63) is 70.2 Å². The van der Waals surface area contributed by atoms with E-state index in [9.17, 15) is 18.0 Å². The highest BCUT2D eigenvalue weighted by atomic mass is 35.5. The molecule has 2 aromatic carbocycles. The molecule has 29 heavy (non-hydrogen) atoms. The van der Waals surface area contributed by atoms with Crippen LogP contribution in [0.3, 0.4) is 0 Å².